The first-order valence-electron chi connectivity index (χ1n) is 7.58. The number of nitrogens with zero attached hydrogens (tertiary/aromatic N) is 2. The molecule has 2 heterocycles. The van der Waals surface area contributed by atoms with Gasteiger partial charge in [-0.15, -0.1) is 11.3 Å². The van der Waals surface area contributed by atoms with Crippen molar-refractivity contribution in [2.75, 3.05) is 11.9 Å². The summed E-state index contributed by atoms with van der Waals surface area (Å²) in [7, 11) is 0. The van der Waals surface area contributed by atoms with Crippen molar-refractivity contribution < 1.29 is 9.53 Å². The molecule has 0 aliphatic rings. The largest absolute Gasteiger partial charge is 0.483 e. The van der Waals surface area contributed by atoms with E-state index >= 15 is 0 Å². The van der Waals surface area contributed by atoms with Crippen molar-refractivity contribution in [1.29, 1.82) is 0 Å². The van der Waals surface area contributed by atoms with Gasteiger partial charge in [0.1, 0.15) is 5.75 Å². The van der Waals surface area contributed by atoms with Crippen LogP contribution in [0.15, 0.2) is 42.0 Å². The van der Waals surface area contributed by atoms with Crippen LogP contribution in [0.5, 0.6) is 5.75 Å². The Labute approximate surface area is 154 Å². The number of thiazole rings is 1. The lowest BCUT2D eigenvalue weighted by atomic mass is 10.1. The number of halogens is 1. The maximum absolute atomic E-state index is 12.1. The fourth-order valence-electron chi connectivity index (χ4n) is 2.40. The van der Waals surface area contributed by atoms with Crippen molar-refractivity contribution in [2.45, 2.75) is 13.8 Å². The lowest BCUT2D eigenvalue weighted by molar-refractivity contribution is -0.118. The lowest BCUT2D eigenvalue weighted by Crippen LogP contribution is -2.20. The van der Waals surface area contributed by atoms with E-state index in [0.29, 0.717) is 15.9 Å². The van der Waals surface area contributed by atoms with Crippen molar-refractivity contribution in [2.24, 2.45) is 0 Å². The number of amides is 1. The minimum atomic E-state index is -0.263. The molecule has 0 saturated heterocycles. The van der Waals surface area contributed by atoms with E-state index in [1.807, 2.05) is 43.5 Å². The molecule has 25 heavy (non-hydrogen) atoms. The molecule has 3 rings (SSSR count). The predicted molar refractivity (Wildman–Crippen MR) is 100 cm³/mol. The van der Waals surface area contributed by atoms with Crippen LogP contribution in [0.2, 0.25) is 5.02 Å². The second-order valence-corrected chi connectivity index (χ2v) is 6.78. The van der Waals surface area contributed by atoms with E-state index in [4.69, 9.17) is 16.3 Å². The zero-order valence-corrected chi connectivity index (χ0v) is 15.3. The molecule has 7 heteroatoms. The third-order valence-electron chi connectivity index (χ3n) is 3.48. The molecule has 3 aromatic rings. The Morgan fingerprint density at radius 2 is 2.08 bits per heavy atom. The van der Waals surface area contributed by atoms with Gasteiger partial charge in [-0.2, -0.15) is 0 Å². The number of anilines is 1. The number of hydrogen-bond acceptors (Lipinski definition) is 5. The maximum Gasteiger partial charge on any atom is 0.264 e. The molecule has 0 saturated carbocycles. The molecule has 5 nitrogen and oxygen atoms in total. The molecule has 0 atom stereocenters. The van der Waals surface area contributed by atoms with Crippen molar-refractivity contribution >= 4 is 34.0 Å². The van der Waals surface area contributed by atoms with E-state index in [2.05, 4.69) is 15.3 Å². The van der Waals surface area contributed by atoms with E-state index in [9.17, 15) is 4.79 Å². The Hall–Kier alpha value is -2.44. The topological polar surface area (TPSA) is 64.1 Å². The number of pyridine rings is 1. The van der Waals surface area contributed by atoms with Crippen LogP contribution >= 0.6 is 22.9 Å². The van der Waals surface area contributed by atoms with Crippen molar-refractivity contribution in [3.05, 3.63) is 58.2 Å². The molecule has 1 amide bonds. The predicted octanol–water partition coefficient (Wildman–Crippen LogP) is 4.49. The highest BCUT2D eigenvalue weighted by molar-refractivity contribution is 7.14. The third-order valence-corrected chi connectivity index (χ3v) is 4.46. The SMILES string of the molecule is Cc1cc(Cl)cc(C)c1OCC(=O)Nc1nc(-c2cccnc2)cs1. The summed E-state index contributed by atoms with van der Waals surface area (Å²) in [4.78, 5) is 20.6. The van der Waals surface area contributed by atoms with Crippen LogP contribution in [0.3, 0.4) is 0 Å². The zero-order chi connectivity index (χ0) is 17.8. The summed E-state index contributed by atoms with van der Waals surface area (Å²) < 4.78 is 5.64. The van der Waals surface area contributed by atoms with E-state index in [1.165, 1.54) is 11.3 Å². The Balaban J connectivity index is 1.61. The molecule has 128 valence electrons. The van der Waals surface area contributed by atoms with E-state index in [1.54, 1.807) is 12.4 Å². The highest BCUT2D eigenvalue weighted by Gasteiger charge is 2.11. The molecule has 0 unspecified atom stereocenters. The standard InChI is InChI=1S/C18H16ClN3O2S/c1-11-6-14(19)7-12(2)17(11)24-9-16(23)22-18-21-15(10-25-18)13-4-3-5-20-8-13/h3-8,10H,9H2,1-2H3,(H,21,22,23). The molecule has 2 aromatic heterocycles. The molecule has 0 aliphatic heterocycles. The van der Waals surface area contributed by atoms with Gasteiger partial charge in [-0.05, 0) is 49.2 Å². The Bertz CT molecular complexity index is 873. The number of aryl methyl sites for hydroxylation is 2. The second-order valence-electron chi connectivity index (χ2n) is 5.49. The van der Waals surface area contributed by atoms with Gasteiger partial charge < -0.3 is 4.74 Å². The minimum Gasteiger partial charge on any atom is -0.483 e. The highest BCUT2D eigenvalue weighted by Crippen LogP contribution is 2.27. The number of benzene rings is 1. The van der Waals surface area contributed by atoms with E-state index < -0.39 is 0 Å². The van der Waals surface area contributed by atoms with Crippen molar-refractivity contribution in [1.82, 2.24) is 9.97 Å². The van der Waals surface area contributed by atoms with E-state index in [-0.39, 0.29) is 12.5 Å². The minimum absolute atomic E-state index is 0.0921. The third kappa shape index (κ3) is 4.35. The van der Waals surface area contributed by atoms with Crippen LogP contribution in [-0.2, 0) is 4.79 Å². The van der Waals surface area contributed by atoms with Gasteiger partial charge >= 0.3 is 0 Å². The first-order valence-corrected chi connectivity index (χ1v) is 8.84. The van der Waals surface area contributed by atoms with Gasteiger partial charge in [-0.25, -0.2) is 4.98 Å². The fraction of sp³-hybridized carbons (Fsp3) is 0.167. The number of rotatable bonds is 5. The van der Waals surface area contributed by atoms with Gasteiger partial charge in [-0.3, -0.25) is 15.1 Å². The van der Waals surface area contributed by atoms with E-state index in [0.717, 1.165) is 22.4 Å². The number of carbonyl (C=O) groups is 1. The van der Waals surface area contributed by atoms with Gasteiger partial charge in [0.15, 0.2) is 11.7 Å². The molecular weight excluding hydrogens is 358 g/mol. The molecule has 0 fully saturated rings. The summed E-state index contributed by atoms with van der Waals surface area (Å²) >= 11 is 7.36. The molecule has 0 radical (unpaired) electrons. The molecule has 0 aliphatic carbocycles. The smallest absolute Gasteiger partial charge is 0.264 e. The number of carbonyl (C=O) groups excluding carboxylic acids is 1. The van der Waals surface area contributed by atoms with Crippen LogP contribution in [0.4, 0.5) is 5.13 Å². The number of ether oxygens (including phenoxy) is 1. The van der Waals surface area contributed by atoms with Crippen LogP contribution in [0, 0.1) is 13.8 Å². The van der Waals surface area contributed by atoms with Crippen LogP contribution in [-0.4, -0.2) is 22.5 Å². The maximum atomic E-state index is 12.1. The molecule has 0 spiro atoms. The number of hydrogen-bond donors (Lipinski definition) is 1. The molecule has 1 N–H and O–H groups in total. The average Bonchev–Trinajstić information content (AvgIpc) is 3.03. The van der Waals surface area contributed by atoms with Gasteiger partial charge in [0, 0.05) is 28.4 Å². The van der Waals surface area contributed by atoms with Crippen molar-refractivity contribution in [3.63, 3.8) is 0 Å². The van der Waals surface area contributed by atoms with Gasteiger partial charge in [0.05, 0.1) is 5.69 Å². The summed E-state index contributed by atoms with van der Waals surface area (Å²) in [5, 5.41) is 5.80. The van der Waals surface area contributed by atoms with Crippen LogP contribution < -0.4 is 10.1 Å². The summed E-state index contributed by atoms with van der Waals surface area (Å²) in [5.74, 6) is 0.413. The normalized spacial score (nSPS) is 10.5. The fourth-order valence-corrected chi connectivity index (χ4v) is 3.46. The summed E-state index contributed by atoms with van der Waals surface area (Å²) in [6.07, 6.45) is 3.44. The zero-order valence-electron chi connectivity index (χ0n) is 13.7. The molecular formula is C18H16ClN3O2S. The lowest BCUT2D eigenvalue weighted by Gasteiger charge is -2.12. The van der Waals surface area contributed by atoms with Gasteiger partial charge in [-0.1, -0.05) is 11.6 Å². The highest BCUT2D eigenvalue weighted by atomic mass is 35.5. The molecule has 1 aromatic carbocycles. The van der Waals surface area contributed by atoms with Gasteiger partial charge in [0.25, 0.3) is 5.91 Å². The van der Waals surface area contributed by atoms with Crippen LogP contribution in [0.1, 0.15) is 11.1 Å². The summed E-state index contributed by atoms with van der Waals surface area (Å²) in [6, 6.07) is 7.38. The summed E-state index contributed by atoms with van der Waals surface area (Å²) in [6.45, 7) is 3.70. The van der Waals surface area contributed by atoms with Crippen molar-refractivity contribution in [3.8, 4) is 17.0 Å². The Morgan fingerprint density at radius 3 is 2.76 bits per heavy atom. The first kappa shape index (κ1) is 17.4. The molecule has 0 bridgehead atoms. The second kappa shape index (κ2) is 7.63. The van der Waals surface area contributed by atoms with Gasteiger partial charge in [0.2, 0.25) is 0 Å². The number of aromatic nitrogens is 2. The quantitative estimate of drug-likeness (QED) is 0.715. The first-order chi connectivity index (χ1) is 12.0. The Kier molecular flexibility index (Phi) is 5.31. The monoisotopic (exact) mass is 373 g/mol. The Morgan fingerprint density at radius 1 is 1.32 bits per heavy atom. The van der Waals surface area contributed by atoms with Crippen LogP contribution in [0.25, 0.3) is 11.3 Å². The summed E-state index contributed by atoms with van der Waals surface area (Å²) in [5.41, 5.74) is 3.47. The average molecular weight is 374 g/mol. The number of nitrogens with one attached hydrogen (secondary N) is 1.